The topological polar surface area (TPSA) is 42.7 Å². The van der Waals surface area contributed by atoms with Crippen molar-refractivity contribution in [3.8, 4) is 0 Å². The first-order valence-electron chi connectivity index (χ1n) is 6.55. The molecule has 96 valence electrons. The molecule has 0 aliphatic heterocycles. The van der Waals surface area contributed by atoms with Crippen molar-refractivity contribution in [2.75, 3.05) is 0 Å². The van der Waals surface area contributed by atoms with Gasteiger partial charge in [0.2, 0.25) is 0 Å². The highest BCUT2D eigenvalue weighted by Gasteiger charge is 2.21. The molecule has 17 heavy (non-hydrogen) atoms. The molecule has 2 atom stereocenters. The Morgan fingerprint density at radius 3 is 3.06 bits per heavy atom. The molecule has 0 aromatic carbocycles. The minimum Gasteiger partial charge on any atom is -0.306 e. The number of nitrogens with one attached hydrogen (secondary N) is 1. The van der Waals surface area contributed by atoms with Gasteiger partial charge in [0.05, 0.1) is 6.54 Å². The molecule has 1 heterocycles. The van der Waals surface area contributed by atoms with Crippen LogP contribution in [0.4, 0.5) is 0 Å². The predicted molar refractivity (Wildman–Crippen MR) is 69.0 cm³/mol. The molecule has 5 heteroatoms. The third kappa shape index (κ3) is 3.42. The first-order valence-corrected chi connectivity index (χ1v) is 6.99. The van der Waals surface area contributed by atoms with Crippen LogP contribution in [0.15, 0.2) is 6.33 Å². The predicted octanol–water partition coefficient (Wildman–Crippen LogP) is 2.33. The fourth-order valence-electron chi connectivity index (χ4n) is 2.40. The average Bonchev–Trinajstić information content (AvgIpc) is 2.70. The van der Waals surface area contributed by atoms with E-state index in [0.29, 0.717) is 6.04 Å². The molecule has 0 amide bonds. The minimum absolute atomic E-state index is 0.260. The molecule has 0 spiro atoms. The molecule has 0 radical (unpaired) electrons. The lowest BCUT2D eigenvalue weighted by Crippen LogP contribution is -2.36. The van der Waals surface area contributed by atoms with E-state index in [-0.39, 0.29) is 5.38 Å². The van der Waals surface area contributed by atoms with Gasteiger partial charge in [0.15, 0.2) is 0 Å². The van der Waals surface area contributed by atoms with Gasteiger partial charge in [0, 0.05) is 18.0 Å². The van der Waals surface area contributed by atoms with E-state index in [1.165, 1.54) is 25.7 Å². The van der Waals surface area contributed by atoms with Gasteiger partial charge in [-0.15, -0.1) is 11.6 Å². The van der Waals surface area contributed by atoms with Crippen molar-refractivity contribution in [1.82, 2.24) is 20.1 Å². The lowest BCUT2D eigenvalue weighted by molar-refractivity contribution is 0.447. The van der Waals surface area contributed by atoms with Crippen LogP contribution in [-0.4, -0.2) is 26.2 Å². The van der Waals surface area contributed by atoms with E-state index in [1.54, 1.807) is 6.33 Å². The van der Waals surface area contributed by atoms with Gasteiger partial charge in [-0.3, -0.25) is 0 Å². The standard InChI is InChI=1S/C12H21ClN4/c1-2-17-12(15-9-16-17)8-14-11-7-5-3-4-6-10(11)13/h9-11,14H,2-8H2,1H3. The summed E-state index contributed by atoms with van der Waals surface area (Å²) in [5.41, 5.74) is 0. The van der Waals surface area contributed by atoms with Crippen LogP contribution in [0.1, 0.15) is 44.9 Å². The Balaban J connectivity index is 1.88. The van der Waals surface area contributed by atoms with Crippen LogP contribution in [0.25, 0.3) is 0 Å². The van der Waals surface area contributed by atoms with Crippen molar-refractivity contribution >= 4 is 11.6 Å². The maximum atomic E-state index is 6.40. The van der Waals surface area contributed by atoms with Crippen LogP contribution in [-0.2, 0) is 13.1 Å². The van der Waals surface area contributed by atoms with E-state index in [9.17, 15) is 0 Å². The number of nitrogens with zero attached hydrogens (tertiary/aromatic N) is 3. The first kappa shape index (κ1) is 12.8. The molecule has 4 nitrogen and oxygen atoms in total. The Bertz CT molecular complexity index is 339. The van der Waals surface area contributed by atoms with Crippen molar-refractivity contribution in [1.29, 1.82) is 0 Å². The quantitative estimate of drug-likeness (QED) is 0.664. The lowest BCUT2D eigenvalue weighted by atomic mass is 10.1. The molecule has 1 aromatic rings. The number of alkyl halides is 1. The Morgan fingerprint density at radius 2 is 2.24 bits per heavy atom. The second-order valence-electron chi connectivity index (χ2n) is 4.63. The number of rotatable bonds is 4. The number of halogens is 1. The zero-order chi connectivity index (χ0) is 12.1. The normalized spacial score (nSPS) is 25.8. The largest absolute Gasteiger partial charge is 0.306 e. The highest BCUT2D eigenvalue weighted by atomic mass is 35.5. The summed E-state index contributed by atoms with van der Waals surface area (Å²) in [5.74, 6) is 1.00. The van der Waals surface area contributed by atoms with Crippen LogP contribution in [0.2, 0.25) is 0 Å². The molecule has 1 aromatic heterocycles. The Hall–Kier alpha value is -0.610. The van der Waals surface area contributed by atoms with Crippen LogP contribution in [0.5, 0.6) is 0 Å². The maximum absolute atomic E-state index is 6.40. The number of aryl methyl sites for hydroxylation is 1. The van der Waals surface area contributed by atoms with Gasteiger partial charge in [-0.1, -0.05) is 19.3 Å². The highest BCUT2D eigenvalue weighted by molar-refractivity contribution is 6.21. The van der Waals surface area contributed by atoms with Crippen molar-refractivity contribution in [2.24, 2.45) is 0 Å². The Labute approximate surface area is 108 Å². The van der Waals surface area contributed by atoms with Crippen molar-refractivity contribution < 1.29 is 0 Å². The van der Waals surface area contributed by atoms with E-state index in [2.05, 4.69) is 22.3 Å². The smallest absolute Gasteiger partial charge is 0.140 e. The molecule has 1 saturated carbocycles. The van der Waals surface area contributed by atoms with Crippen LogP contribution >= 0.6 is 11.6 Å². The minimum atomic E-state index is 0.260. The van der Waals surface area contributed by atoms with Gasteiger partial charge in [-0.25, -0.2) is 9.67 Å². The molecule has 1 aliphatic rings. The van der Waals surface area contributed by atoms with Gasteiger partial charge in [-0.05, 0) is 19.8 Å². The molecule has 2 rings (SSSR count). The summed E-state index contributed by atoms with van der Waals surface area (Å²) in [6.45, 7) is 3.71. The van der Waals surface area contributed by atoms with Gasteiger partial charge < -0.3 is 5.32 Å². The van der Waals surface area contributed by atoms with Crippen LogP contribution in [0, 0.1) is 0 Å². The van der Waals surface area contributed by atoms with E-state index in [4.69, 9.17) is 11.6 Å². The molecule has 0 saturated heterocycles. The molecular formula is C12H21ClN4. The Morgan fingerprint density at radius 1 is 1.41 bits per heavy atom. The van der Waals surface area contributed by atoms with E-state index < -0.39 is 0 Å². The second kappa shape index (κ2) is 6.36. The SMILES string of the molecule is CCn1ncnc1CNC1CCCCCC1Cl. The Kier molecular flexibility index (Phi) is 4.80. The van der Waals surface area contributed by atoms with E-state index in [0.717, 1.165) is 25.3 Å². The monoisotopic (exact) mass is 256 g/mol. The summed E-state index contributed by atoms with van der Waals surface area (Å²) >= 11 is 6.40. The zero-order valence-electron chi connectivity index (χ0n) is 10.4. The van der Waals surface area contributed by atoms with Crippen molar-refractivity contribution in [3.63, 3.8) is 0 Å². The molecular weight excluding hydrogens is 236 g/mol. The summed E-state index contributed by atoms with van der Waals surface area (Å²) < 4.78 is 1.92. The fraction of sp³-hybridized carbons (Fsp3) is 0.833. The summed E-state index contributed by atoms with van der Waals surface area (Å²) in [6, 6.07) is 0.418. The van der Waals surface area contributed by atoms with E-state index >= 15 is 0 Å². The van der Waals surface area contributed by atoms with E-state index in [1.807, 2.05) is 4.68 Å². The summed E-state index contributed by atoms with van der Waals surface area (Å²) in [4.78, 5) is 4.27. The number of hydrogen-bond acceptors (Lipinski definition) is 3. The lowest BCUT2D eigenvalue weighted by Gasteiger charge is -2.20. The fourth-order valence-corrected chi connectivity index (χ4v) is 2.77. The molecule has 0 bridgehead atoms. The van der Waals surface area contributed by atoms with Gasteiger partial charge >= 0.3 is 0 Å². The van der Waals surface area contributed by atoms with Crippen molar-refractivity contribution in [3.05, 3.63) is 12.2 Å². The molecule has 1 N–H and O–H groups in total. The molecule has 2 unspecified atom stereocenters. The molecule has 1 aliphatic carbocycles. The van der Waals surface area contributed by atoms with Gasteiger partial charge in [0.25, 0.3) is 0 Å². The van der Waals surface area contributed by atoms with Gasteiger partial charge in [-0.2, -0.15) is 5.10 Å². The maximum Gasteiger partial charge on any atom is 0.140 e. The summed E-state index contributed by atoms with van der Waals surface area (Å²) in [6.07, 6.45) is 7.77. The van der Waals surface area contributed by atoms with Crippen LogP contribution < -0.4 is 5.32 Å². The summed E-state index contributed by atoms with van der Waals surface area (Å²) in [7, 11) is 0. The molecule has 1 fully saturated rings. The van der Waals surface area contributed by atoms with Crippen LogP contribution in [0.3, 0.4) is 0 Å². The van der Waals surface area contributed by atoms with Crippen molar-refractivity contribution in [2.45, 2.75) is 63.5 Å². The third-order valence-corrected chi connectivity index (χ3v) is 3.97. The van der Waals surface area contributed by atoms with Gasteiger partial charge in [0.1, 0.15) is 12.2 Å². The number of aromatic nitrogens is 3. The zero-order valence-corrected chi connectivity index (χ0v) is 11.2. The summed E-state index contributed by atoms with van der Waals surface area (Å²) in [5, 5.41) is 7.96. The first-order chi connectivity index (χ1) is 8.31. The second-order valence-corrected chi connectivity index (χ2v) is 5.19. The number of hydrogen-bond donors (Lipinski definition) is 1. The highest BCUT2D eigenvalue weighted by Crippen LogP contribution is 2.22. The third-order valence-electron chi connectivity index (χ3n) is 3.45. The average molecular weight is 257 g/mol.